The van der Waals surface area contributed by atoms with E-state index in [1.54, 1.807) is 4.90 Å². The average Bonchev–Trinajstić information content (AvgIpc) is 3.48. The number of hydrogen-bond acceptors (Lipinski definition) is 7. The first-order valence-electron chi connectivity index (χ1n) is 13.7. The molecule has 1 amide bonds. The third-order valence-corrected chi connectivity index (χ3v) is 7.62. The second-order valence-corrected chi connectivity index (χ2v) is 11.0. The van der Waals surface area contributed by atoms with Crippen molar-refractivity contribution in [2.45, 2.75) is 71.9 Å². The minimum atomic E-state index is -0.905. The zero-order valence-electron chi connectivity index (χ0n) is 23.2. The third kappa shape index (κ3) is 7.07. The van der Waals surface area contributed by atoms with Gasteiger partial charge in [0.2, 0.25) is 12.7 Å². The number of aliphatic hydroxyl groups excluding tert-OH is 2. The number of carboxylic acid groups (broad SMARTS) is 1. The molecule has 1 aromatic rings. The van der Waals surface area contributed by atoms with Gasteiger partial charge >= 0.3 is 5.97 Å². The Hall–Kier alpha value is -2.62. The van der Waals surface area contributed by atoms with E-state index in [0.717, 1.165) is 18.4 Å². The number of rotatable bonds is 14. The van der Waals surface area contributed by atoms with E-state index in [-0.39, 0.29) is 43.9 Å². The SMILES string of the molecule is C/C=C/C(C)(C)C[C@H]1[C@H](C(=O)O)[C@@H](c2cc(CO)c3c(c2)OCO3)CN1CC(=O)N(CCCC)CCCO. The molecule has 38 heavy (non-hydrogen) atoms. The number of carbonyl (C=O) groups excluding carboxylic acids is 1. The number of benzene rings is 1. The van der Waals surface area contributed by atoms with Crippen molar-refractivity contribution in [3.05, 3.63) is 35.4 Å². The molecule has 2 aliphatic rings. The average molecular weight is 533 g/mol. The smallest absolute Gasteiger partial charge is 0.308 e. The van der Waals surface area contributed by atoms with Gasteiger partial charge in [-0.2, -0.15) is 0 Å². The minimum absolute atomic E-state index is 0.0141. The fourth-order valence-corrected chi connectivity index (χ4v) is 5.83. The predicted molar refractivity (Wildman–Crippen MR) is 144 cm³/mol. The Labute approximate surface area is 226 Å². The summed E-state index contributed by atoms with van der Waals surface area (Å²) in [7, 11) is 0. The molecule has 9 nitrogen and oxygen atoms in total. The minimum Gasteiger partial charge on any atom is -0.481 e. The summed E-state index contributed by atoms with van der Waals surface area (Å²) in [5.74, 6) is -1.10. The van der Waals surface area contributed by atoms with Crippen molar-refractivity contribution in [2.75, 3.05) is 39.6 Å². The lowest BCUT2D eigenvalue weighted by molar-refractivity contribution is -0.144. The van der Waals surface area contributed by atoms with Crippen molar-refractivity contribution < 1.29 is 34.4 Å². The molecule has 0 bridgehead atoms. The first-order valence-corrected chi connectivity index (χ1v) is 13.7. The van der Waals surface area contributed by atoms with Crippen LogP contribution in [0.1, 0.15) is 70.4 Å². The van der Waals surface area contributed by atoms with Gasteiger partial charge in [-0.3, -0.25) is 14.5 Å². The number of nitrogens with zero attached hydrogens (tertiary/aromatic N) is 2. The van der Waals surface area contributed by atoms with Crippen LogP contribution in [0.15, 0.2) is 24.3 Å². The maximum Gasteiger partial charge on any atom is 0.308 e. The van der Waals surface area contributed by atoms with Crippen molar-refractivity contribution in [1.29, 1.82) is 0 Å². The van der Waals surface area contributed by atoms with E-state index in [4.69, 9.17) is 9.47 Å². The maximum atomic E-state index is 13.5. The molecule has 0 aliphatic carbocycles. The van der Waals surface area contributed by atoms with Crippen LogP contribution in [0.3, 0.4) is 0 Å². The Kier molecular flexibility index (Phi) is 10.6. The molecular weight excluding hydrogens is 488 g/mol. The summed E-state index contributed by atoms with van der Waals surface area (Å²) < 4.78 is 11.1. The van der Waals surface area contributed by atoms with Gasteiger partial charge in [-0.05, 0) is 49.3 Å². The van der Waals surface area contributed by atoms with E-state index >= 15 is 0 Å². The first-order chi connectivity index (χ1) is 18.1. The van der Waals surface area contributed by atoms with Gasteiger partial charge in [0.25, 0.3) is 0 Å². The molecular formula is C29H44N2O7. The largest absolute Gasteiger partial charge is 0.481 e. The van der Waals surface area contributed by atoms with Gasteiger partial charge < -0.3 is 29.7 Å². The molecule has 1 aromatic carbocycles. The lowest BCUT2D eigenvalue weighted by Gasteiger charge is -2.34. The molecule has 0 unspecified atom stereocenters. The van der Waals surface area contributed by atoms with Crippen LogP contribution in [0, 0.1) is 11.3 Å². The standard InChI is InChI=1S/C29H44N2O7/c1-5-7-10-30(11-8-12-32)25(34)17-31-16-22(20-13-21(18-33)27-24(14-20)37-19-38-27)26(28(35)36)23(31)15-29(3,4)9-6-2/h6,9,13-14,22-23,26,32-33H,5,7-8,10-12,15-19H2,1-4H3,(H,35,36)/b9-6+/t22-,23+,26-/m1/s1. The van der Waals surface area contributed by atoms with Crippen LogP contribution in [-0.2, 0) is 16.2 Å². The summed E-state index contributed by atoms with van der Waals surface area (Å²) in [4.78, 5) is 30.1. The molecule has 212 valence electrons. The van der Waals surface area contributed by atoms with Crippen molar-refractivity contribution >= 4 is 11.9 Å². The summed E-state index contributed by atoms with van der Waals surface area (Å²) in [6.45, 7) is 9.61. The van der Waals surface area contributed by atoms with Crippen molar-refractivity contribution in [3.63, 3.8) is 0 Å². The summed E-state index contributed by atoms with van der Waals surface area (Å²) in [5.41, 5.74) is 1.06. The van der Waals surface area contributed by atoms with E-state index in [1.165, 1.54) is 0 Å². The second-order valence-electron chi connectivity index (χ2n) is 11.0. The quantitative estimate of drug-likeness (QED) is 0.312. The fourth-order valence-electron chi connectivity index (χ4n) is 5.83. The highest BCUT2D eigenvalue weighted by Crippen LogP contribution is 2.46. The van der Waals surface area contributed by atoms with Crippen LogP contribution in [-0.4, -0.2) is 82.6 Å². The lowest BCUT2D eigenvalue weighted by atomic mass is 9.77. The highest BCUT2D eigenvalue weighted by atomic mass is 16.7. The van der Waals surface area contributed by atoms with Gasteiger partial charge in [0.1, 0.15) is 0 Å². The van der Waals surface area contributed by atoms with Crippen LogP contribution in [0.5, 0.6) is 11.5 Å². The molecule has 3 N–H and O–H groups in total. The summed E-state index contributed by atoms with van der Waals surface area (Å²) in [6, 6.07) is 3.25. The van der Waals surface area contributed by atoms with Crippen molar-refractivity contribution in [2.24, 2.45) is 11.3 Å². The number of ether oxygens (including phenoxy) is 2. The zero-order valence-corrected chi connectivity index (χ0v) is 23.2. The third-order valence-electron chi connectivity index (χ3n) is 7.62. The number of allylic oxidation sites excluding steroid dienone is 2. The van der Waals surface area contributed by atoms with Crippen LogP contribution in [0.2, 0.25) is 0 Å². The van der Waals surface area contributed by atoms with Gasteiger partial charge in [-0.15, -0.1) is 0 Å². The second kappa shape index (κ2) is 13.4. The number of hydrogen-bond donors (Lipinski definition) is 3. The first kappa shape index (κ1) is 29.9. The normalized spacial score (nSPS) is 21.4. The van der Waals surface area contributed by atoms with E-state index < -0.39 is 17.8 Å². The summed E-state index contributed by atoms with van der Waals surface area (Å²) >= 11 is 0. The summed E-state index contributed by atoms with van der Waals surface area (Å²) in [5, 5.41) is 29.8. The van der Waals surface area contributed by atoms with Crippen LogP contribution < -0.4 is 9.47 Å². The van der Waals surface area contributed by atoms with E-state index in [0.29, 0.717) is 49.5 Å². The van der Waals surface area contributed by atoms with E-state index in [1.807, 2.05) is 30.0 Å². The number of aliphatic carboxylic acids is 1. The maximum absolute atomic E-state index is 13.5. The van der Waals surface area contributed by atoms with Crippen LogP contribution >= 0.6 is 0 Å². The van der Waals surface area contributed by atoms with Gasteiger partial charge in [0.15, 0.2) is 11.5 Å². The number of amides is 1. The van der Waals surface area contributed by atoms with Crippen LogP contribution in [0.25, 0.3) is 0 Å². The molecule has 0 aromatic heterocycles. The number of aliphatic hydroxyl groups is 2. The Morgan fingerprint density at radius 2 is 1.92 bits per heavy atom. The van der Waals surface area contributed by atoms with Crippen molar-refractivity contribution in [3.8, 4) is 11.5 Å². The highest BCUT2D eigenvalue weighted by Gasteiger charge is 2.49. The molecule has 3 atom stereocenters. The van der Waals surface area contributed by atoms with Gasteiger partial charge in [0, 0.05) is 43.8 Å². The molecule has 0 radical (unpaired) electrons. The Morgan fingerprint density at radius 1 is 1.18 bits per heavy atom. The zero-order chi connectivity index (χ0) is 27.9. The number of fused-ring (bicyclic) bond motifs is 1. The molecule has 2 heterocycles. The molecule has 2 aliphatic heterocycles. The number of unbranched alkanes of at least 4 members (excludes halogenated alkanes) is 1. The number of carbonyl (C=O) groups is 2. The van der Waals surface area contributed by atoms with Gasteiger partial charge in [0.05, 0.1) is 19.1 Å². The van der Waals surface area contributed by atoms with Gasteiger partial charge in [-0.25, -0.2) is 0 Å². The molecule has 0 saturated carbocycles. The van der Waals surface area contributed by atoms with E-state index in [9.17, 15) is 24.9 Å². The molecule has 1 saturated heterocycles. The predicted octanol–water partition coefficient (Wildman–Crippen LogP) is 3.38. The highest BCUT2D eigenvalue weighted by molar-refractivity contribution is 5.79. The topological polar surface area (TPSA) is 120 Å². The molecule has 0 spiro atoms. The van der Waals surface area contributed by atoms with Gasteiger partial charge in [-0.1, -0.05) is 39.3 Å². The Bertz CT molecular complexity index is 985. The lowest BCUT2D eigenvalue weighted by Crippen LogP contribution is -2.46. The Balaban J connectivity index is 1.97. The molecule has 9 heteroatoms. The fraction of sp³-hybridized carbons (Fsp3) is 0.655. The Morgan fingerprint density at radius 3 is 2.55 bits per heavy atom. The molecule has 3 rings (SSSR count). The molecule has 1 fully saturated rings. The van der Waals surface area contributed by atoms with Crippen LogP contribution in [0.4, 0.5) is 0 Å². The summed E-state index contributed by atoms with van der Waals surface area (Å²) in [6.07, 6.45) is 6.96. The van der Waals surface area contributed by atoms with Crippen molar-refractivity contribution in [1.82, 2.24) is 9.80 Å². The van der Waals surface area contributed by atoms with E-state index in [2.05, 4.69) is 26.8 Å². The number of likely N-dealkylation sites (tertiary alicyclic amines) is 1. The number of carboxylic acids is 1. The monoisotopic (exact) mass is 532 g/mol.